The summed E-state index contributed by atoms with van der Waals surface area (Å²) < 4.78 is 0. The number of likely N-dealkylation sites (N-methyl/N-ethyl adjacent to an activating group) is 1. The lowest BCUT2D eigenvalue weighted by Crippen LogP contribution is -2.14. The second-order valence-electron chi connectivity index (χ2n) is 2.83. The highest BCUT2D eigenvalue weighted by atomic mass is 16.1. The Morgan fingerprint density at radius 1 is 1.55 bits per heavy atom. The fourth-order valence-electron chi connectivity index (χ4n) is 0.846. The van der Waals surface area contributed by atoms with Gasteiger partial charge in [-0.1, -0.05) is 12.2 Å². The average Bonchev–Trinajstić information content (AvgIpc) is 1.85. The van der Waals surface area contributed by atoms with E-state index in [9.17, 15) is 4.79 Å². The molecule has 0 aromatic rings. The SMILES string of the molecule is C=CC(=O)/C=C(\C)CN(C)C. The summed E-state index contributed by atoms with van der Waals surface area (Å²) >= 11 is 0. The molecule has 0 rings (SSSR count). The van der Waals surface area contributed by atoms with E-state index in [1.807, 2.05) is 25.9 Å². The standard InChI is InChI=1S/C9H15NO/c1-5-9(11)6-8(2)7-10(3)4/h5-6H,1,7H2,2-4H3/b8-6+. The van der Waals surface area contributed by atoms with Gasteiger partial charge in [0.05, 0.1) is 0 Å². The summed E-state index contributed by atoms with van der Waals surface area (Å²) in [5.41, 5.74) is 1.06. The van der Waals surface area contributed by atoms with Gasteiger partial charge in [-0.2, -0.15) is 0 Å². The van der Waals surface area contributed by atoms with Gasteiger partial charge in [0.15, 0.2) is 5.78 Å². The molecular formula is C9H15NO. The molecule has 11 heavy (non-hydrogen) atoms. The Morgan fingerprint density at radius 2 is 2.09 bits per heavy atom. The number of hydrogen-bond donors (Lipinski definition) is 0. The molecule has 0 atom stereocenters. The van der Waals surface area contributed by atoms with Crippen LogP contribution < -0.4 is 0 Å². The van der Waals surface area contributed by atoms with Gasteiger partial charge in [0.25, 0.3) is 0 Å². The molecule has 2 nitrogen and oxygen atoms in total. The molecule has 0 saturated carbocycles. The molecule has 0 amide bonds. The lowest BCUT2D eigenvalue weighted by Gasteiger charge is -2.08. The molecule has 0 N–H and O–H groups in total. The van der Waals surface area contributed by atoms with Crippen molar-refractivity contribution in [2.45, 2.75) is 6.92 Å². The number of carbonyl (C=O) groups excluding carboxylic acids is 1. The molecule has 2 heteroatoms. The molecule has 0 aliphatic heterocycles. The van der Waals surface area contributed by atoms with E-state index in [2.05, 4.69) is 6.58 Å². The van der Waals surface area contributed by atoms with Crippen LogP contribution in [0.4, 0.5) is 0 Å². The topological polar surface area (TPSA) is 20.3 Å². The fraction of sp³-hybridized carbons (Fsp3) is 0.444. The van der Waals surface area contributed by atoms with Crippen LogP contribution in [-0.4, -0.2) is 31.3 Å². The molecule has 0 fully saturated rings. The fourth-order valence-corrected chi connectivity index (χ4v) is 0.846. The van der Waals surface area contributed by atoms with E-state index < -0.39 is 0 Å². The molecule has 0 unspecified atom stereocenters. The normalized spacial score (nSPS) is 11.8. The van der Waals surface area contributed by atoms with E-state index in [0.29, 0.717) is 0 Å². The number of ketones is 1. The van der Waals surface area contributed by atoms with Crippen molar-refractivity contribution in [3.63, 3.8) is 0 Å². The van der Waals surface area contributed by atoms with Gasteiger partial charge in [-0.15, -0.1) is 0 Å². The first kappa shape index (κ1) is 10.1. The van der Waals surface area contributed by atoms with E-state index in [0.717, 1.165) is 12.1 Å². The molecule has 0 bridgehead atoms. The first-order valence-electron chi connectivity index (χ1n) is 3.54. The Balaban J connectivity index is 4.00. The molecule has 62 valence electrons. The van der Waals surface area contributed by atoms with Crippen LogP contribution in [0, 0.1) is 0 Å². The largest absolute Gasteiger partial charge is 0.305 e. The van der Waals surface area contributed by atoms with Gasteiger partial charge in [-0.05, 0) is 33.2 Å². The van der Waals surface area contributed by atoms with Crippen LogP contribution in [0.3, 0.4) is 0 Å². The third-order valence-electron chi connectivity index (χ3n) is 1.16. The van der Waals surface area contributed by atoms with Crippen molar-refractivity contribution in [3.05, 3.63) is 24.3 Å². The smallest absolute Gasteiger partial charge is 0.178 e. The molecule has 0 aliphatic carbocycles. The van der Waals surface area contributed by atoms with E-state index in [4.69, 9.17) is 0 Å². The molecule has 0 radical (unpaired) electrons. The molecule has 0 aliphatic rings. The summed E-state index contributed by atoms with van der Waals surface area (Å²) in [4.78, 5) is 12.8. The van der Waals surface area contributed by atoms with Gasteiger partial charge in [0.2, 0.25) is 0 Å². The van der Waals surface area contributed by atoms with Crippen LogP contribution in [0.2, 0.25) is 0 Å². The maximum Gasteiger partial charge on any atom is 0.178 e. The van der Waals surface area contributed by atoms with Crippen molar-refractivity contribution >= 4 is 5.78 Å². The summed E-state index contributed by atoms with van der Waals surface area (Å²) in [6.07, 6.45) is 2.92. The van der Waals surface area contributed by atoms with Crippen LogP contribution in [0.1, 0.15) is 6.92 Å². The van der Waals surface area contributed by atoms with Crippen molar-refractivity contribution in [3.8, 4) is 0 Å². The predicted molar refractivity (Wildman–Crippen MR) is 47.5 cm³/mol. The second-order valence-corrected chi connectivity index (χ2v) is 2.83. The van der Waals surface area contributed by atoms with Gasteiger partial charge in [-0.3, -0.25) is 4.79 Å². The molecular weight excluding hydrogens is 138 g/mol. The van der Waals surface area contributed by atoms with E-state index >= 15 is 0 Å². The highest BCUT2D eigenvalue weighted by molar-refractivity contribution is 5.99. The van der Waals surface area contributed by atoms with Crippen LogP contribution in [0.15, 0.2) is 24.3 Å². The molecule has 0 heterocycles. The van der Waals surface area contributed by atoms with Gasteiger partial charge in [0, 0.05) is 6.54 Å². The minimum Gasteiger partial charge on any atom is -0.305 e. The van der Waals surface area contributed by atoms with Gasteiger partial charge in [-0.25, -0.2) is 0 Å². The number of allylic oxidation sites excluding steroid dienone is 2. The summed E-state index contributed by atoms with van der Waals surface area (Å²) in [5.74, 6) is -0.0237. The molecule has 0 spiro atoms. The maximum absolute atomic E-state index is 10.8. The number of carbonyl (C=O) groups is 1. The quantitative estimate of drug-likeness (QED) is 0.566. The minimum absolute atomic E-state index is 0.0237. The van der Waals surface area contributed by atoms with Crippen molar-refractivity contribution in [2.24, 2.45) is 0 Å². The van der Waals surface area contributed by atoms with E-state index in [-0.39, 0.29) is 5.78 Å². The minimum atomic E-state index is -0.0237. The highest BCUT2D eigenvalue weighted by Gasteiger charge is 1.94. The second kappa shape index (κ2) is 4.85. The third kappa shape index (κ3) is 5.55. The number of hydrogen-bond acceptors (Lipinski definition) is 2. The van der Waals surface area contributed by atoms with E-state index in [1.165, 1.54) is 6.08 Å². The van der Waals surface area contributed by atoms with Gasteiger partial charge in [0.1, 0.15) is 0 Å². The Bertz CT molecular complexity index is 180. The first-order chi connectivity index (χ1) is 5.06. The van der Waals surface area contributed by atoms with E-state index in [1.54, 1.807) is 6.08 Å². The third-order valence-corrected chi connectivity index (χ3v) is 1.16. The summed E-state index contributed by atoms with van der Waals surface area (Å²) in [7, 11) is 3.94. The average molecular weight is 153 g/mol. The summed E-state index contributed by atoms with van der Waals surface area (Å²) in [6.45, 7) is 6.14. The molecule has 0 saturated heterocycles. The van der Waals surface area contributed by atoms with Crippen molar-refractivity contribution < 1.29 is 4.79 Å². The van der Waals surface area contributed by atoms with Crippen molar-refractivity contribution in [1.29, 1.82) is 0 Å². The summed E-state index contributed by atoms with van der Waals surface area (Å²) in [5, 5.41) is 0. The highest BCUT2D eigenvalue weighted by Crippen LogP contribution is 1.94. The Hall–Kier alpha value is -0.890. The predicted octanol–water partition coefficient (Wildman–Crippen LogP) is 1.25. The zero-order valence-corrected chi connectivity index (χ0v) is 7.42. The zero-order chi connectivity index (χ0) is 8.85. The van der Waals surface area contributed by atoms with Crippen LogP contribution in [0.25, 0.3) is 0 Å². The van der Waals surface area contributed by atoms with Gasteiger partial charge >= 0.3 is 0 Å². The van der Waals surface area contributed by atoms with Crippen LogP contribution in [-0.2, 0) is 4.79 Å². The monoisotopic (exact) mass is 153 g/mol. The van der Waals surface area contributed by atoms with Crippen molar-refractivity contribution in [2.75, 3.05) is 20.6 Å². The molecule has 0 aromatic heterocycles. The first-order valence-corrected chi connectivity index (χ1v) is 3.54. The summed E-state index contributed by atoms with van der Waals surface area (Å²) in [6, 6.07) is 0. The van der Waals surface area contributed by atoms with Crippen LogP contribution in [0.5, 0.6) is 0 Å². The lowest BCUT2D eigenvalue weighted by atomic mass is 10.2. The molecule has 0 aromatic carbocycles. The maximum atomic E-state index is 10.8. The Morgan fingerprint density at radius 3 is 2.45 bits per heavy atom. The zero-order valence-electron chi connectivity index (χ0n) is 7.42. The lowest BCUT2D eigenvalue weighted by molar-refractivity contribution is -0.110. The Labute approximate surface area is 68.2 Å². The van der Waals surface area contributed by atoms with Gasteiger partial charge < -0.3 is 4.90 Å². The van der Waals surface area contributed by atoms with Crippen LogP contribution >= 0.6 is 0 Å². The number of nitrogens with zero attached hydrogens (tertiary/aromatic N) is 1. The number of rotatable bonds is 4. The van der Waals surface area contributed by atoms with Crippen molar-refractivity contribution in [1.82, 2.24) is 4.90 Å². The Kier molecular flexibility index (Phi) is 4.46.